The van der Waals surface area contributed by atoms with Crippen LogP contribution in [0.2, 0.25) is 0 Å². The van der Waals surface area contributed by atoms with E-state index < -0.39 is 11.9 Å². The van der Waals surface area contributed by atoms with Gasteiger partial charge in [0, 0.05) is 25.6 Å². The van der Waals surface area contributed by atoms with E-state index in [1.807, 2.05) is 0 Å². The topological polar surface area (TPSA) is 119 Å². The first kappa shape index (κ1) is 28.2. The van der Waals surface area contributed by atoms with Crippen LogP contribution in [0.5, 0.6) is 5.88 Å². The van der Waals surface area contributed by atoms with Crippen molar-refractivity contribution in [1.82, 2.24) is 29.2 Å². The maximum absolute atomic E-state index is 13.7. The SMILES string of the molecule is C#C[C@H](Oc1nc(-c2onc3c2CCC[C@@]32CCCCC23OCCO3)nc2c1n(C)c(=O)n2[C@@H]1CCOC1)[C@@H]1CCCN1C. The molecule has 0 radical (unpaired) electrons. The molecule has 3 saturated heterocycles. The lowest BCUT2D eigenvalue weighted by atomic mass is 9.61. The summed E-state index contributed by atoms with van der Waals surface area (Å²) in [7, 11) is 3.79. The molecule has 234 valence electrons. The van der Waals surface area contributed by atoms with E-state index in [1.54, 1.807) is 16.2 Å². The van der Waals surface area contributed by atoms with E-state index >= 15 is 0 Å². The van der Waals surface area contributed by atoms with Gasteiger partial charge in [-0.3, -0.25) is 14.0 Å². The Kier molecular flexibility index (Phi) is 6.86. The highest BCUT2D eigenvalue weighted by Gasteiger charge is 2.61. The van der Waals surface area contributed by atoms with Gasteiger partial charge in [-0.05, 0) is 65.0 Å². The zero-order valence-corrected chi connectivity index (χ0v) is 25.5. The van der Waals surface area contributed by atoms with E-state index in [0.717, 1.165) is 82.0 Å². The normalized spacial score (nSPS) is 29.0. The van der Waals surface area contributed by atoms with Crippen LogP contribution >= 0.6 is 0 Å². The zero-order valence-electron chi connectivity index (χ0n) is 25.5. The zero-order chi connectivity index (χ0) is 30.1. The summed E-state index contributed by atoms with van der Waals surface area (Å²) in [4.78, 5) is 25.9. The molecule has 0 amide bonds. The van der Waals surface area contributed by atoms with Crippen LogP contribution in [0.3, 0.4) is 0 Å². The average molecular weight is 605 g/mol. The Balaban J connectivity index is 1.29. The van der Waals surface area contributed by atoms with Gasteiger partial charge in [-0.2, -0.15) is 4.98 Å². The van der Waals surface area contributed by atoms with Gasteiger partial charge in [0.05, 0.1) is 43.0 Å². The second-order valence-corrected chi connectivity index (χ2v) is 13.1. The molecular weight excluding hydrogens is 564 g/mol. The number of likely N-dealkylation sites (N-methyl/N-ethyl adjacent to an activating group) is 1. The number of aromatic nitrogens is 5. The number of hydrogen-bond donors (Lipinski definition) is 0. The maximum atomic E-state index is 13.7. The minimum atomic E-state index is -0.677. The first-order chi connectivity index (χ1) is 21.5. The van der Waals surface area contributed by atoms with E-state index in [2.05, 4.69) is 17.9 Å². The Morgan fingerprint density at radius 1 is 1.05 bits per heavy atom. The Labute approximate surface area is 256 Å². The average Bonchev–Trinajstić information content (AvgIpc) is 3.87. The number of imidazole rings is 1. The Hall–Kier alpha value is -3.24. The Morgan fingerprint density at radius 3 is 2.61 bits per heavy atom. The molecule has 2 aliphatic carbocycles. The number of hydrogen-bond acceptors (Lipinski definition) is 10. The molecule has 6 heterocycles. The summed E-state index contributed by atoms with van der Waals surface area (Å²) >= 11 is 0. The molecule has 8 rings (SSSR count). The van der Waals surface area contributed by atoms with Crippen LogP contribution in [0.25, 0.3) is 22.7 Å². The summed E-state index contributed by atoms with van der Waals surface area (Å²) in [6.45, 7) is 3.16. The van der Waals surface area contributed by atoms with Gasteiger partial charge in [-0.1, -0.05) is 17.5 Å². The summed E-state index contributed by atoms with van der Waals surface area (Å²) in [5.74, 6) is 3.29. The number of aryl methyl sites for hydroxylation is 1. The van der Waals surface area contributed by atoms with Crippen LogP contribution in [0.4, 0.5) is 0 Å². The number of nitrogens with zero attached hydrogens (tertiary/aromatic N) is 6. The van der Waals surface area contributed by atoms with Crippen LogP contribution < -0.4 is 10.4 Å². The van der Waals surface area contributed by atoms with Crippen molar-refractivity contribution < 1.29 is 23.5 Å². The van der Waals surface area contributed by atoms with E-state index in [4.69, 9.17) is 45.0 Å². The van der Waals surface area contributed by atoms with Gasteiger partial charge < -0.3 is 23.5 Å². The molecule has 0 unspecified atom stereocenters. The van der Waals surface area contributed by atoms with Gasteiger partial charge in [0.2, 0.25) is 17.5 Å². The fourth-order valence-corrected chi connectivity index (χ4v) is 8.62. The van der Waals surface area contributed by atoms with Gasteiger partial charge in [0.15, 0.2) is 23.1 Å². The summed E-state index contributed by atoms with van der Waals surface area (Å²) in [5.41, 5.74) is 2.31. The molecular formula is C32H40N6O6. The van der Waals surface area contributed by atoms with Gasteiger partial charge in [-0.25, -0.2) is 9.78 Å². The second-order valence-electron chi connectivity index (χ2n) is 13.1. The van der Waals surface area contributed by atoms with E-state index in [9.17, 15) is 4.79 Å². The fourth-order valence-electron chi connectivity index (χ4n) is 8.62. The lowest BCUT2D eigenvalue weighted by Gasteiger charge is -2.50. The van der Waals surface area contributed by atoms with Crippen molar-refractivity contribution in [2.24, 2.45) is 7.05 Å². The molecule has 4 fully saturated rings. The van der Waals surface area contributed by atoms with Crippen molar-refractivity contribution in [3.8, 4) is 29.8 Å². The Bertz CT molecular complexity index is 1670. The number of likely N-dealkylation sites (tertiary alicyclic amines) is 1. The highest BCUT2D eigenvalue weighted by molar-refractivity contribution is 5.80. The number of fused-ring (bicyclic) bond motifs is 4. The van der Waals surface area contributed by atoms with Crippen LogP contribution in [0.1, 0.15) is 75.1 Å². The standard InChI is InChI=1S/C32H40N6O6/c1-4-23(22-10-8-15-36(22)2)43-29-24-28(38(30(39)37(24)3)20-11-16-40-19-20)33-27(34-29)25-21-9-7-13-31(26(21)35-44-25)12-5-6-14-32(31)41-17-18-42-32/h1,20,22-23H,5-19H2,2-3H3/t20-,22+,23+,31+/m1/s1. The minimum Gasteiger partial charge on any atom is -0.458 e. The van der Waals surface area contributed by atoms with Crippen molar-refractivity contribution in [2.75, 3.05) is 40.0 Å². The molecule has 4 atom stereocenters. The predicted molar refractivity (Wildman–Crippen MR) is 159 cm³/mol. The third-order valence-electron chi connectivity index (χ3n) is 10.8. The van der Waals surface area contributed by atoms with E-state index in [0.29, 0.717) is 49.2 Å². The first-order valence-electron chi connectivity index (χ1n) is 16.1. The second kappa shape index (κ2) is 10.7. The van der Waals surface area contributed by atoms with Gasteiger partial charge in [-0.15, -0.1) is 6.42 Å². The summed E-state index contributed by atoms with van der Waals surface area (Å²) in [6.07, 6.45) is 14.8. The van der Waals surface area contributed by atoms with Crippen molar-refractivity contribution in [2.45, 2.75) is 93.6 Å². The first-order valence-corrected chi connectivity index (χ1v) is 16.1. The number of rotatable bonds is 5. The van der Waals surface area contributed by atoms with Crippen LogP contribution in [0, 0.1) is 12.3 Å². The number of ether oxygens (including phenoxy) is 4. The third-order valence-corrected chi connectivity index (χ3v) is 10.8. The fraction of sp³-hybridized carbons (Fsp3) is 0.688. The molecule has 2 spiro atoms. The summed E-state index contributed by atoms with van der Waals surface area (Å²) in [5, 5.41) is 4.72. The molecule has 0 N–H and O–H groups in total. The van der Waals surface area contributed by atoms with Crippen molar-refractivity contribution in [3.05, 3.63) is 21.7 Å². The van der Waals surface area contributed by atoms with Crippen LogP contribution in [-0.2, 0) is 33.1 Å². The smallest absolute Gasteiger partial charge is 0.330 e. The largest absolute Gasteiger partial charge is 0.458 e. The molecule has 12 heteroatoms. The molecule has 12 nitrogen and oxygen atoms in total. The molecule has 1 saturated carbocycles. The monoisotopic (exact) mass is 604 g/mol. The van der Waals surface area contributed by atoms with Crippen LogP contribution in [0.15, 0.2) is 9.32 Å². The lowest BCUT2D eigenvalue weighted by Crippen LogP contribution is -2.56. The van der Waals surface area contributed by atoms with E-state index in [-0.39, 0.29) is 29.1 Å². The third kappa shape index (κ3) is 4.05. The van der Waals surface area contributed by atoms with Gasteiger partial charge in [0.1, 0.15) is 0 Å². The predicted octanol–water partition coefficient (Wildman–Crippen LogP) is 3.11. The van der Waals surface area contributed by atoms with Gasteiger partial charge in [0.25, 0.3) is 0 Å². The van der Waals surface area contributed by atoms with Crippen molar-refractivity contribution in [1.29, 1.82) is 0 Å². The maximum Gasteiger partial charge on any atom is 0.330 e. The summed E-state index contributed by atoms with van der Waals surface area (Å²) < 4.78 is 34.5. The molecule has 3 aliphatic heterocycles. The molecule has 44 heavy (non-hydrogen) atoms. The highest BCUT2D eigenvalue weighted by Crippen LogP contribution is 2.57. The van der Waals surface area contributed by atoms with Crippen molar-refractivity contribution >= 4 is 11.2 Å². The molecule has 3 aromatic rings. The molecule has 0 bridgehead atoms. The molecule has 0 aromatic carbocycles. The highest BCUT2D eigenvalue weighted by atomic mass is 16.7. The molecule has 5 aliphatic rings. The Morgan fingerprint density at radius 2 is 1.86 bits per heavy atom. The lowest BCUT2D eigenvalue weighted by molar-refractivity contribution is -0.231. The van der Waals surface area contributed by atoms with Crippen molar-refractivity contribution in [3.63, 3.8) is 0 Å². The summed E-state index contributed by atoms with van der Waals surface area (Å²) in [6, 6.07) is -0.0977. The quantitative estimate of drug-likeness (QED) is 0.402. The van der Waals surface area contributed by atoms with Crippen LogP contribution in [-0.4, -0.2) is 87.1 Å². The van der Waals surface area contributed by atoms with E-state index in [1.165, 1.54) is 0 Å². The molecule has 3 aromatic heterocycles. The minimum absolute atomic E-state index is 0.0441. The number of terminal acetylenes is 1. The van der Waals surface area contributed by atoms with Gasteiger partial charge >= 0.3 is 5.69 Å².